The molecule has 0 aliphatic heterocycles. The lowest BCUT2D eigenvalue weighted by Gasteiger charge is -2.19. The molecule has 1 amide bonds. The van der Waals surface area contributed by atoms with Gasteiger partial charge in [-0.25, -0.2) is 4.98 Å². The molecule has 9 nitrogen and oxygen atoms in total. The number of anilines is 1. The molecule has 0 bridgehead atoms. The molecular formula is C18H23N3O6S. The third-order valence-corrected chi connectivity index (χ3v) is 4.95. The van der Waals surface area contributed by atoms with Crippen molar-refractivity contribution in [3.63, 3.8) is 0 Å². The van der Waals surface area contributed by atoms with Crippen LogP contribution in [0.1, 0.15) is 20.3 Å². The van der Waals surface area contributed by atoms with Gasteiger partial charge in [0.15, 0.2) is 5.13 Å². The summed E-state index contributed by atoms with van der Waals surface area (Å²) in [7, 11) is 1.54. The molecule has 1 heterocycles. The van der Waals surface area contributed by atoms with Crippen molar-refractivity contribution in [3.05, 3.63) is 18.2 Å². The molecule has 0 fully saturated rings. The third kappa shape index (κ3) is 5.64. The molecule has 2 unspecified atom stereocenters. The van der Waals surface area contributed by atoms with E-state index >= 15 is 0 Å². The molecule has 1 aromatic heterocycles. The van der Waals surface area contributed by atoms with E-state index < -0.39 is 29.8 Å². The van der Waals surface area contributed by atoms with Gasteiger partial charge in [0.25, 0.3) is 0 Å². The summed E-state index contributed by atoms with van der Waals surface area (Å²) >= 11 is 1.19. The number of carbonyl (C=O) groups excluding carboxylic acids is 1. The maximum absolute atomic E-state index is 12.4. The fraction of sp³-hybridized carbons (Fsp3) is 0.444. The molecule has 0 radical (unpaired) electrons. The molecule has 2 rings (SSSR count). The first-order valence-electron chi connectivity index (χ1n) is 8.65. The number of benzene rings is 1. The van der Waals surface area contributed by atoms with Gasteiger partial charge in [-0.05, 0) is 30.5 Å². The summed E-state index contributed by atoms with van der Waals surface area (Å²) in [6.07, 6.45) is 0.322. The Hall–Kier alpha value is -2.72. The highest BCUT2D eigenvalue weighted by Gasteiger charge is 2.29. The Morgan fingerprint density at radius 2 is 1.93 bits per heavy atom. The van der Waals surface area contributed by atoms with Crippen LogP contribution in [0, 0.1) is 11.8 Å². The van der Waals surface area contributed by atoms with Crippen LogP contribution in [-0.4, -0.2) is 52.7 Å². The molecule has 0 aliphatic carbocycles. The Kier molecular flexibility index (Phi) is 7.30. The van der Waals surface area contributed by atoms with Crippen LogP contribution in [0.15, 0.2) is 18.2 Å². The topological polar surface area (TPSA) is 138 Å². The number of fused-ring (bicyclic) bond motifs is 1. The van der Waals surface area contributed by atoms with Crippen LogP contribution in [0.2, 0.25) is 0 Å². The van der Waals surface area contributed by atoms with Gasteiger partial charge in [0, 0.05) is 6.54 Å². The normalized spacial score (nSPS) is 13.3. The highest BCUT2D eigenvalue weighted by Crippen LogP contribution is 2.29. The van der Waals surface area contributed by atoms with E-state index in [1.807, 2.05) is 13.8 Å². The number of methoxy groups -OCH3 is 1. The molecule has 2 aromatic rings. The van der Waals surface area contributed by atoms with Crippen LogP contribution in [0.5, 0.6) is 5.75 Å². The van der Waals surface area contributed by atoms with Crippen molar-refractivity contribution >= 4 is 44.5 Å². The number of rotatable bonds is 10. The van der Waals surface area contributed by atoms with E-state index in [2.05, 4.69) is 15.6 Å². The van der Waals surface area contributed by atoms with E-state index in [4.69, 9.17) is 4.74 Å². The van der Waals surface area contributed by atoms with E-state index in [0.717, 1.165) is 4.70 Å². The first-order valence-corrected chi connectivity index (χ1v) is 9.47. The number of nitrogens with one attached hydrogen (secondary N) is 2. The average Bonchev–Trinajstić information content (AvgIpc) is 3.01. The monoisotopic (exact) mass is 409 g/mol. The molecule has 0 saturated heterocycles. The number of carbonyl (C=O) groups is 3. The smallest absolute Gasteiger partial charge is 0.320 e. The van der Waals surface area contributed by atoms with Crippen LogP contribution in [0.25, 0.3) is 10.2 Å². The molecule has 10 heteroatoms. The van der Waals surface area contributed by atoms with Crippen molar-refractivity contribution in [1.29, 1.82) is 0 Å². The van der Waals surface area contributed by atoms with Crippen LogP contribution < -0.4 is 15.4 Å². The first-order chi connectivity index (χ1) is 13.2. The van der Waals surface area contributed by atoms with E-state index in [1.165, 1.54) is 11.3 Å². The van der Waals surface area contributed by atoms with Gasteiger partial charge in [-0.2, -0.15) is 0 Å². The van der Waals surface area contributed by atoms with Gasteiger partial charge in [-0.3, -0.25) is 14.4 Å². The summed E-state index contributed by atoms with van der Waals surface area (Å²) in [5, 5.41) is 24.1. The summed E-state index contributed by atoms with van der Waals surface area (Å²) in [6.45, 7) is 3.42. The summed E-state index contributed by atoms with van der Waals surface area (Å²) in [6, 6.07) is 4.31. The highest BCUT2D eigenvalue weighted by molar-refractivity contribution is 7.22. The van der Waals surface area contributed by atoms with Gasteiger partial charge in [-0.15, -0.1) is 0 Å². The lowest BCUT2D eigenvalue weighted by atomic mass is 10.0. The number of hydrogen-bond acceptors (Lipinski definition) is 7. The van der Waals surface area contributed by atoms with Gasteiger partial charge in [0.2, 0.25) is 5.91 Å². The third-order valence-electron chi connectivity index (χ3n) is 4.01. The standard InChI is InChI=1S/C18H23N3O6S/c1-9(2)6-13(17(25)26)19-8-11(16(23)24)15(22)21-18-20-12-5-4-10(27-3)7-14(12)28-18/h4-5,7,9,11,13,19H,6,8H2,1-3H3,(H,23,24)(H,25,26)(H,20,21,22). The number of carboxylic acid groups (broad SMARTS) is 2. The number of ether oxygens (including phenoxy) is 1. The van der Waals surface area contributed by atoms with Gasteiger partial charge in [0.05, 0.1) is 17.3 Å². The molecule has 0 saturated carbocycles. The summed E-state index contributed by atoms with van der Waals surface area (Å²) in [5.74, 6) is -3.90. The minimum atomic E-state index is -1.45. The van der Waals surface area contributed by atoms with Gasteiger partial charge in [-0.1, -0.05) is 25.2 Å². The highest BCUT2D eigenvalue weighted by atomic mass is 32.1. The van der Waals surface area contributed by atoms with Gasteiger partial charge < -0.3 is 25.6 Å². The van der Waals surface area contributed by atoms with Gasteiger partial charge >= 0.3 is 11.9 Å². The number of aliphatic carboxylic acids is 2. The fourth-order valence-electron chi connectivity index (χ4n) is 2.57. The van der Waals surface area contributed by atoms with Crippen LogP contribution in [0.3, 0.4) is 0 Å². The summed E-state index contributed by atoms with van der Waals surface area (Å²) < 4.78 is 5.92. The zero-order valence-electron chi connectivity index (χ0n) is 15.8. The zero-order chi connectivity index (χ0) is 20.8. The second-order valence-electron chi connectivity index (χ2n) is 6.66. The molecule has 4 N–H and O–H groups in total. The minimum absolute atomic E-state index is 0.102. The maximum atomic E-state index is 12.4. The number of amides is 1. The van der Waals surface area contributed by atoms with Crippen molar-refractivity contribution in [2.24, 2.45) is 11.8 Å². The number of thiazole rings is 1. The van der Waals surface area contributed by atoms with Crippen molar-refractivity contribution in [1.82, 2.24) is 10.3 Å². The second-order valence-corrected chi connectivity index (χ2v) is 7.69. The Morgan fingerprint density at radius 3 is 2.50 bits per heavy atom. The molecule has 152 valence electrons. The Bertz CT molecular complexity index is 866. The lowest BCUT2D eigenvalue weighted by molar-refractivity contribution is -0.146. The SMILES string of the molecule is COc1ccc2nc(NC(=O)C(CNC(CC(C)C)C(=O)O)C(=O)O)sc2c1. The lowest BCUT2D eigenvalue weighted by Crippen LogP contribution is -2.45. The molecule has 1 aromatic carbocycles. The minimum Gasteiger partial charge on any atom is -0.497 e. The second kappa shape index (κ2) is 9.47. The van der Waals surface area contributed by atoms with Crippen molar-refractivity contribution in [2.75, 3.05) is 19.0 Å². The Morgan fingerprint density at radius 1 is 1.21 bits per heavy atom. The summed E-state index contributed by atoms with van der Waals surface area (Å²) in [4.78, 5) is 39.5. The molecular weight excluding hydrogens is 386 g/mol. The molecule has 28 heavy (non-hydrogen) atoms. The van der Waals surface area contributed by atoms with Crippen LogP contribution >= 0.6 is 11.3 Å². The Labute approximate surface area is 165 Å². The van der Waals surface area contributed by atoms with E-state index in [0.29, 0.717) is 17.7 Å². The number of hydrogen-bond donors (Lipinski definition) is 4. The Balaban J connectivity index is 2.08. The van der Waals surface area contributed by atoms with Crippen molar-refractivity contribution < 1.29 is 29.3 Å². The predicted molar refractivity (Wildman–Crippen MR) is 105 cm³/mol. The van der Waals surface area contributed by atoms with E-state index in [-0.39, 0.29) is 17.6 Å². The van der Waals surface area contributed by atoms with Crippen molar-refractivity contribution in [2.45, 2.75) is 26.3 Å². The first kappa shape index (κ1) is 21.6. The zero-order valence-corrected chi connectivity index (χ0v) is 16.6. The molecule has 2 atom stereocenters. The average molecular weight is 409 g/mol. The molecule has 0 aliphatic rings. The largest absolute Gasteiger partial charge is 0.497 e. The number of carboxylic acids is 2. The van der Waals surface area contributed by atoms with Crippen LogP contribution in [-0.2, 0) is 14.4 Å². The van der Waals surface area contributed by atoms with E-state index in [1.54, 1.807) is 25.3 Å². The van der Waals surface area contributed by atoms with Crippen molar-refractivity contribution in [3.8, 4) is 5.75 Å². The predicted octanol–water partition coefficient (Wildman–Crippen LogP) is 2.03. The maximum Gasteiger partial charge on any atom is 0.320 e. The molecule has 0 spiro atoms. The van der Waals surface area contributed by atoms with Gasteiger partial charge in [0.1, 0.15) is 17.7 Å². The number of aromatic nitrogens is 1. The fourth-order valence-corrected chi connectivity index (χ4v) is 3.47. The quantitative estimate of drug-likeness (QED) is 0.437. The number of nitrogens with zero attached hydrogens (tertiary/aromatic N) is 1. The summed E-state index contributed by atoms with van der Waals surface area (Å²) in [5.41, 5.74) is 0.647. The van der Waals surface area contributed by atoms with E-state index in [9.17, 15) is 24.6 Å². The van der Waals surface area contributed by atoms with Crippen LogP contribution in [0.4, 0.5) is 5.13 Å².